The Hall–Kier alpha value is -1.04. The van der Waals surface area contributed by atoms with Crippen LogP contribution in [-0.2, 0) is 4.79 Å². The lowest BCUT2D eigenvalue weighted by Crippen LogP contribution is -2.33. The molecule has 0 saturated carbocycles. The Morgan fingerprint density at radius 1 is 1.62 bits per heavy atom. The number of halogens is 3. The monoisotopic (exact) mass is 194 g/mol. The lowest BCUT2D eigenvalue weighted by atomic mass is 10.3. The summed E-state index contributed by atoms with van der Waals surface area (Å²) in [5, 5.41) is 0. The van der Waals surface area contributed by atoms with E-state index in [-0.39, 0.29) is 18.7 Å². The molecule has 0 radical (unpaired) electrons. The van der Waals surface area contributed by atoms with Crippen molar-refractivity contribution in [3.05, 3.63) is 11.6 Å². The van der Waals surface area contributed by atoms with E-state index in [1.165, 1.54) is 6.08 Å². The van der Waals surface area contributed by atoms with Crippen LogP contribution in [0.2, 0.25) is 0 Å². The number of nitrogens with two attached hydrogens (primary N) is 1. The number of carbonyl (C=O) groups excluding carboxylic acids is 1. The maximum atomic E-state index is 11.9. The lowest BCUT2D eigenvalue weighted by Gasteiger charge is -2.17. The molecule has 0 atom stereocenters. The van der Waals surface area contributed by atoms with Crippen LogP contribution in [0.3, 0.4) is 0 Å². The Kier molecular flexibility index (Phi) is 2.60. The average molecular weight is 194 g/mol. The van der Waals surface area contributed by atoms with Gasteiger partial charge in [-0.25, -0.2) is 0 Å². The quantitative estimate of drug-likeness (QED) is 0.686. The van der Waals surface area contributed by atoms with Crippen molar-refractivity contribution in [3.8, 4) is 0 Å². The molecule has 0 aromatic heterocycles. The van der Waals surface area contributed by atoms with Crippen LogP contribution in [0.1, 0.15) is 0 Å². The Morgan fingerprint density at radius 3 is 2.62 bits per heavy atom. The van der Waals surface area contributed by atoms with E-state index in [9.17, 15) is 18.0 Å². The van der Waals surface area contributed by atoms with Gasteiger partial charge >= 0.3 is 6.18 Å². The molecule has 1 aliphatic rings. The molecule has 1 aliphatic heterocycles. The first-order valence-electron chi connectivity index (χ1n) is 3.66. The molecule has 1 rings (SSSR count). The maximum Gasteiger partial charge on any atom is 0.401 e. The highest BCUT2D eigenvalue weighted by molar-refractivity contribution is 5.92. The zero-order chi connectivity index (χ0) is 10.1. The SMILES string of the molecule is NC(=O)C1=CCN(CC(F)(F)F)C1. The summed E-state index contributed by atoms with van der Waals surface area (Å²) in [6.07, 6.45) is -2.80. The van der Waals surface area contributed by atoms with Gasteiger partial charge in [-0.2, -0.15) is 13.2 Å². The molecule has 0 aromatic carbocycles. The summed E-state index contributed by atoms with van der Waals surface area (Å²) in [6, 6.07) is 0. The number of primary amides is 1. The van der Waals surface area contributed by atoms with E-state index in [1.54, 1.807) is 0 Å². The number of hydrogen-bond acceptors (Lipinski definition) is 2. The minimum Gasteiger partial charge on any atom is -0.366 e. The first-order valence-corrected chi connectivity index (χ1v) is 3.66. The topological polar surface area (TPSA) is 46.3 Å². The molecule has 0 aliphatic carbocycles. The zero-order valence-corrected chi connectivity index (χ0v) is 6.77. The minimum absolute atomic E-state index is 0.00512. The summed E-state index contributed by atoms with van der Waals surface area (Å²) in [7, 11) is 0. The third-order valence-electron chi connectivity index (χ3n) is 1.71. The third kappa shape index (κ3) is 3.06. The van der Waals surface area contributed by atoms with Crippen LogP contribution in [-0.4, -0.2) is 36.6 Å². The van der Waals surface area contributed by atoms with Crippen molar-refractivity contribution in [3.63, 3.8) is 0 Å². The Balaban J connectivity index is 2.42. The molecule has 13 heavy (non-hydrogen) atoms. The van der Waals surface area contributed by atoms with Crippen molar-refractivity contribution in [2.75, 3.05) is 19.6 Å². The predicted octanol–water partition coefficient (Wildman–Crippen LogP) is 0.276. The summed E-state index contributed by atoms with van der Waals surface area (Å²) in [5.41, 5.74) is 5.16. The van der Waals surface area contributed by atoms with Crippen LogP contribution in [0, 0.1) is 0 Å². The molecule has 2 N–H and O–H groups in total. The zero-order valence-electron chi connectivity index (χ0n) is 6.77. The van der Waals surface area contributed by atoms with E-state index in [0.29, 0.717) is 0 Å². The summed E-state index contributed by atoms with van der Waals surface area (Å²) in [4.78, 5) is 11.7. The van der Waals surface area contributed by atoms with Crippen molar-refractivity contribution in [2.45, 2.75) is 6.18 Å². The van der Waals surface area contributed by atoms with Gasteiger partial charge in [0.2, 0.25) is 5.91 Å². The van der Waals surface area contributed by atoms with E-state index >= 15 is 0 Å². The van der Waals surface area contributed by atoms with Crippen LogP contribution in [0.5, 0.6) is 0 Å². The molecule has 1 amide bonds. The number of nitrogens with zero attached hydrogens (tertiary/aromatic N) is 1. The first kappa shape index (κ1) is 10.0. The highest BCUT2D eigenvalue weighted by Gasteiger charge is 2.32. The highest BCUT2D eigenvalue weighted by atomic mass is 19.4. The van der Waals surface area contributed by atoms with Crippen LogP contribution >= 0.6 is 0 Å². The third-order valence-corrected chi connectivity index (χ3v) is 1.71. The van der Waals surface area contributed by atoms with Gasteiger partial charge in [-0.05, 0) is 0 Å². The van der Waals surface area contributed by atoms with E-state index in [4.69, 9.17) is 5.73 Å². The first-order chi connectivity index (χ1) is 5.88. The molecule has 3 nitrogen and oxygen atoms in total. The fourth-order valence-corrected chi connectivity index (χ4v) is 1.16. The van der Waals surface area contributed by atoms with Crippen molar-refractivity contribution in [1.29, 1.82) is 0 Å². The maximum absolute atomic E-state index is 11.9. The summed E-state index contributed by atoms with van der Waals surface area (Å²) in [5.74, 6) is -0.648. The number of alkyl halides is 3. The van der Waals surface area contributed by atoms with Crippen molar-refractivity contribution in [2.24, 2.45) is 5.73 Å². The second kappa shape index (κ2) is 3.37. The number of amides is 1. The van der Waals surface area contributed by atoms with Crippen LogP contribution in [0.15, 0.2) is 11.6 Å². The summed E-state index contributed by atoms with van der Waals surface area (Å²) < 4.78 is 35.6. The minimum atomic E-state index is -4.22. The Bertz CT molecular complexity index is 247. The predicted molar refractivity (Wildman–Crippen MR) is 39.8 cm³/mol. The Labute approximate surface area is 73.0 Å². The molecule has 0 unspecified atom stereocenters. The molecule has 0 bridgehead atoms. The molecule has 0 saturated heterocycles. The van der Waals surface area contributed by atoms with Gasteiger partial charge in [0.25, 0.3) is 0 Å². The van der Waals surface area contributed by atoms with Gasteiger partial charge in [0, 0.05) is 18.7 Å². The second-order valence-corrected chi connectivity index (χ2v) is 2.88. The lowest BCUT2D eigenvalue weighted by molar-refractivity contribution is -0.143. The van der Waals surface area contributed by atoms with Crippen molar-refractivity contribution >= 4 is 5.91 Å². The summed E-state index contributed by atoms with van der Waals surface area (Å²) >= 11 is 0. The number of hydrogen-bond donors (Lipinski definition) is 1. The van der Waals surface area contributed by atoms with Gasteiger partial charge < -0.3 is 5.73 Å². The number of carbonyl (C=O) groups is 1. The molecular weight excluding hydrogens is 185 g/mol. The fraction of sp³-hybridized carbons (Fsp3) is 0.571. The smallest absolute Gasteiger partial charge is 0.366 e. The largest absolute Gasteiger partial charge is 0.401 e. The van der Waals surface area contributed by atoms with Crippen molar-refractivity contribution in [1.82, 2.24) is 4.90 Å². The second-order valence-electron chi connectivity index (χ2n) is 2.88. The van der Waals surface area contributed by atoms with Crippen LogP contribution < -0.4 is 5.73 Å². The molecule has 74 valence electrons. The highest BCUT2D eigenvalue weighted by Crippen LogP contribution is 2.19. The van der Waals surface area contributed by atoms with Crippen LogP contribution in [0.25, 0.3) is 0 Å². The van der Waals surface area contributed by atoms with Gasteiger partial charge in [0.15, 0.2) is 0 Å². The fourth-order valence-electron chi connectivity index (χ4n) is 1.16. The van der Waals surface area contributed by atoms with E-state index in [0.717, 1.165) is 4.90 Å². The molecular formula is C7H9F3N2O. The summed E-state index contributed by atoms with van der Waals surface area (Å²) in [6.45, 7) is -0.868. The molecule has 6 heteroatoms. The van der Waals surface area contributed by atoms with Gasteiger partial charge in [-0.3, -0.25) is 9.69 Å². The Morgan fingerprint density at radius 2 is 2.23 bits per heavy atom. The normalized spacial score (nSPS) is 18.8. The average Bonchev–Trinajstić information content (AvgIpc) is 2.31. The van der Waals surface area contributed by atoms with E-state index < -0.39 is 18.6 Å². The van der Waals surface area contributed by atoms with E-state index in [1.807, 2.05) is 0 Å². The number of rotatable bonds is 2. The van der Waals surface area contributed by atoms with E-state index in [2.05, 4.69) is 0 Å². The van der Waals surface area contributed by atoms with Gasteiger partial charge in [-0.15, -0.1) is 0 Å². The molecule has 0 spiro atoms. The standard InChI is InChI=1S/C7H9F3N2O/c8-7(9,10)4-12-2-1-5(3-12)6(11)13/h1H,2-4H2,(H2,11,13). The van der Waals surface area contributed by atoms with Crippen molar-refractivity contribution < 1.29 is 18.0 Å². The van der Waals surface area contributed by atoms with Gasteiger partial charge in [-0.1, -0.05) is 6.08 Å². The molecule has 0 aromatic rings. The van der Waals surface area contributed by atoms with Crippen LogP contribution in [0.4, 0.5) is 13.2 Å². The molecule has 1 heterocycles. The van der Waals surface area contributed by atoms with Gasteiger partial charge in [0.1, 0.15) is 0 Å². The van der Waals surface area contributed by atoms with Gasteiger partial charge in [0.05, 0.1) is 6.54 Å². The molecule has 0 fully saturated rings.